The maximum Gasteiger partial charge on any atom is 0.253 e. The van der Waals surface area contributed by atoms with Crippen LogP contribution in [-0.4, -0.2) is 23.3 Å². The van der Waals surface area contributed by atoms with Crippen molar-refractivity contribution in [2.45, 2.75) is 38.6 Å². The summed E-state index contributed by atoms with van der Waals surface area (Å²) in [5.41, 5.74) is 4.09. The lowest BCUT2D eigenvalue weighted by molar-refractivity contribution is -0.122. The Morgan fingerprint density at radius 1 is 1.10 bits per heavy atom. The van der Waals surface area contributed by atoms with Crippen LogP contribution in [0.4, 0.5) is 0 Å². The van der Waals surface area contributed by atoms with Crippen molar-refractivity contribution in [1.82, 2.24) is 15.6 Å². The van der Waals surface area contributed by atoms with Crippen molar-refractivity contribution in [3.63, 3.8) is 0 Å². The molecule has 1 heterocycles. The number of carbonyl (C=O) groups is 2. The number of rotatable bonds is 5. The molecular formula is C24H27N3O2. The fraction of sp³-hybridized carbons (Fsp3) is 0.333. The number of H-pyrrole nitrogens is 1. The zero-order valence-electron chi connectivity index (χ0n) is 16.7. The van der Waals surface area contributed by atoms with Crippen LogP contribution < -0.4 is 10.6 Å². The summed E-state index contributed by atoms with van der Waals surface area (Å²) >= 11 is 0. The lowest BCUT2D eigenvalue weighted by Gasteiger charge is -2.25. The Morgan fingerprint density at radius 3 is 2.79 bits per heavy atom. The average molecular weight is 389 g/mol. The molecule has 1 aliphatic rings. The SMILES string of the molecule is C[C@@H]1CCCc2ccccc2[C@@H]1NC(=O)CCNC(=O)c1c[nH]c2ccccc12. The molecule has 0 radical (unpaired) electrons. The molecule has 2 atom stereocenters. The fourth-order valence-corrected chi connectivity index (χ4v) is 4.26. The number of para-hydroxylation sites is 1. The van der Waals surface area contributed by atoms with Crippen LogP contribution in [0.25, 0.3) is 10.9 Å². The predicted molar refractivity (Wildman–Crippen MR) is 115 cm³/mol. The molecule has 5 nitrogen and oxygen atoms in total. The highest BCUT2D eigenvalue weighted by Crippen LogP contribution is 2.32. The van der Waals surface area contributed by atoms with Crippen molar-refractivity contribution in [3.8, 4) is 0 Å². The highest BCUT2D eigenvalue weighted by atomic mass is 16.2. The summed E-state index contributed by atoms with van der Waals surface area (Å²) in [5, 5.41) is 6.96. The second-order valence-corrected chi connectivity index (χ2v) is 7.87. The minimum atomic E-state index is -0.163. The van der Waals surface area contributed by atoms with E-state index in [1.807, 2.05) is 30.3 Å². The molecule has 1 aliphatic carbocycles. The van der Waals surface area contributed by atoms with Crippen molar-refractivity contribution in [2.24, 2.45) is 5.92 Å². The molecule has 3 N–H and O–H groups in total. The van der Waals surface area contributed by atoms with Crippen molar-refractivity contribution in [3.05, 3.63) is 71.4 Å². The highest BCUT2D eigenvalue weighted by Gasteiger charge is 2.25. The monoisotopic (exact) mass is 389 g/mol. The predicted octanol–water partition coefficient (Wildman–Crippen LogP) is 4.12. The Bertz CT molecular complexity index is 1020. The van der Waals surface area contributed by atoms with Crippen LogP contribution in [0.2, 0.25) is 0 Å². The third-order valence-electron chi connectivity index (χ3n) is 5.85. The van der Waals surface area contributed by atoms with Crippen molar-refractivity contribution in [2.75, 3.05) is 6.54 Å². The van der Waals surface area contributed by atoms with E-state index in [-0.39, 0.29) is 24.3 Å². The molecule has 3 aromatic rings. The first-order valence-corrected chi connectivity index (χ1v) is 10.3. The molecule has 2 aromatic carbocycles. The molecule has 0 saturated carbocycles. The number of carbonyl (C=O) groups excluding carboxylic acids is 2. The van der Waals surface area contributed by atoms with Gasteiger partial charge in [-0.3, -0.25) is 9.59 Å². The lowest BCUT2D eigenvalue weighted by Crippen LogP contribution is -2.35. The van der Waals surface area contributed by atoms with E-state index in [1.165, 1.54) is 11.1 Å². The van der Waals surface area contributed by atoms with Gasteiger partial charge in [0.05, 0.1) is 11.6 Å². The second-order valence-electron chi connectivity index (χ2n) is 7.87. The van der Waals surface area contributed by atoms with Gasteiger partial charge in [-0.2, -0.15) is 0 Å². The Kier molecular flexibility index (Phi) is 5.65. The van der Waals surface area contributed by atoms with Crippen LogP contribution in [0.3, 0.4) is 0 Å². The molecule has 150 valence electrons. The summed E-state index contributed by atoms with van der Waals surface area (Å²) in [6.45, 7) is 2.51. The van der Waals surface area contributed by atoms with Crippen LogP contribution >= 0.6 is 0 Å². The summed E-state index contributed by atoms with van der Waals surface area (Å²) in [6.07, 6.45) is 5.28. The van der Waals surface area contributed by atoms with Gasteiger partial charge in [-0.05, 0) is 42.4 Å². The van der Waals surface area contributed by atoms with E-state index in [9.17, 15) is 9.59 Å². The smallest absolute Gasteiger partial charge is 0.253 e. The molecule has 5 heteroatoms. The Labute approximate surface area is 170 Å². The molecule has 1 aromatic heterocycles. The third kappa shape index (κ3) is 4.19. The van der Waals surface area contributed by atoms with Gasteiger partial charge < -0.3 is 15.6 Å². The van der Waals surface area contributed by atoms with Crippen molar-refractivity contribution < 1.29 is 9.59 Å². The van der Waals surface area contributed by atoms with Crippen LogP contribution in [0.15, 0.2) is 54.7 Å². The largest absolute Gasteiger partial charge is 0.360 e. The molecule has 0 unspecified atom stereocenters. The summed E-state index contributed by atoms with van der Waals surface area (Å²) < 4.78 is 0. The fourth-order valence-electron chi connectivity index (χ4n) is 4.26. The number of amides is 2. The van der Waals surface area contributed by atoms with Gasteiger partial charge in [-0.25, -0.2) is 0 Å². The van der Waals surface area contributed by atoms with Gasteiger partial charge in [0, 0.05) is 30.1 Å². The first-order valence-electron chi connectivity index (χ1n) is 10.3. The molecule has 0 spiro atoms. The average Bonchev–Trinajstić information content (AvgIpc) is 3.10. The summed E-state index contributed by atoms with van der Waals surface area (Å²) in [7, 11) is 0. The number of hydrogen-bond acceptors (Lipinski definition) is 2. The number of nitrogens with one attached hydrogen (secondary N) is 3. The van der Waals surface area contributed by atoms with Crippen LogP contribution in [0.1, 0.15) is 53.7 Å². The third-order valence-corrected chi connectivity index (χ3v) is 5.85. The van der Waals surface area contributed by atoms with Gasteiger partial charge in [-0.15, -0.1) is 0 Å². The van der Waals surface area contributed by atoms with Crippen molar-refractivity contribution in [1.29, 1.82) is 0 Å². The Balaban J connectivity index is 1.35. The Hall–Kier alpha value is -3.08. The number of aromatic amines is 1. The maximum atomic E-state index is 12.6. The van der Waals surface area contributed by atoms with E-state index >= 15 is 0 Å². The standard InChI is InChI=1S/C24H27N3O2/c1-16-7-6-9-17-8-2-3-10-18(17)23(16)27-22(28)13-14-25-24(29)20-15-26-21-12-5-4-11-19(20)21/h2-5,8,10-12,15-16,23,26H,6-7,9,13-14H2,1H3,(H,25,29)(H,27,28)/t16-,23-/m1/s1. The second kappa shape index (κ2) is 8.52. The molecule has 0 aliphatic heterocycles. The summed E-state index contributed by atoms with van der Waals surface area (Å²) in [4.78, 5) is 28.2. The first-order chi connectivity index (χ1) is 14.1. The number of aryl methyl sites for hydroxylation is 1. The quantitative estimate of drug-likeness (QED) is 0.574. The minimum Gasteiger partial charge on any atom is -0.360 e. The van der Waals surface area contributed by atoms with Gasteiger partial charge in [0.1, 0.15) is 0 Å². The van der Waals surface area contributed by atoms with E-state index in [0.29, 0.717) is 18.0 Å². The molecule has 0 bridgehead atoms. The molecule has 2 amide bonds. The number of fused-ring (bicyclic) bond motifs is 2. The topological polar surface area (TPSA) is 74.0 Å². The zero-order valence-corrected chi connectivity index (χ0v) is 16.7. The van der Waals surface area contributed by atoms with E-state index in [0.717, 1.165) is 30.2 Å². The molecular weight excluding hydrogens is 362 g/mol. The molecule has 0 saturated heterocycles. The number of aromatic nitrogens is 1. The minimum absolute atomic E-state index is 0.0298. The highest BCUT2D eigenvalue weighted by molar-refractivity contribution is 6.06. The summed E-state index contributed by atoms with van der Waals surface area (Å²) in [6, 6.07) is 16.1. The first kappa shape index (κ1) is 19.2. The molecule has 29 heavy (non-hydrogen) atoms. The Morgan fingerprint density at radius 2 is 1.90 bits per heavy atom. The van der Waals surface area contributed by atoms with Gasteiger partial charge in [0.2, 0.25) is 5.91 Å². The van der Waals surface area contributed by atoms with Crippen molar-refractivity contribution >= 4 is 22.7 Å². The van der Waals surface area contributed by atoms with E-state index in [4.69, 9.17) is 0 Å². The van der Waals surface area contributed by atoms with Crippen LogP contribution in [0, 0.1) is 5.92 Å². The summed E-state index contributed by atoms with van der Waals surface area (Å²) in [5.74, 6) is 0.199. The molecule has 4 rings (SSSR count). The van der Waals surface area contributed by atoms with Crippen LogP contribution in [0.5, 0.6) is 0 Å². The number of benzene rings is 2. The van der Waals surface area contributed by atoms with Gasteiger partial charge in [0.25, 0.3) is 5.91 Å². The van der Waals surface area contributed by atoms with Gasteiger partial charge in [-0.1, -0.05) is 49.4 Å². The normalized spacial score (nSPS) is 18.7. The van der Waals surface area contributed by atoms with E-state index in [1.54, 1.807) is 6.20 Å². The van der Waals surface area contributed by atoms with Crippen LogP contribution in [-0.2, 0) is 11.2 Å². The van der Waals surface area contributed by atoms with E-state index < -0.39 is 0 Å². The van der Waals surface area contributed by atoms with Gasteiger partial charge >= 0.3 is 0 Å². The zero-order chi connectivity index (χ0) is 20.2. The van der Waals surface area contributed by atoms with Gasteiger partial charge in [0.15, 0.2) is 0 Å². The number of hydrogen-bond donors (Lipinski definition) is 3. The molecule has 0 fully saturated rings. The lowest BCUT2D eigenvalue weighted by atomic mass is 9.92. The van der Waals surface area contributed by atoms with E-state index in [2.05, 4.69) is 40.7 Å². The maximum absolute atomic E-state index is 12.6.